The lowest BCUT2D eigenvalue weighted by Crippen LogP contribution is -2.16. The van der Waals surface area contributed by atoms with E-state index < -0.39 is 0 Å². The Balaban J connectivity index is 2.38. The van der Waals surface area contributed by atoms with Crippen LogP contribution in [0.5, 0.6) is 5.75 Å². The molecule has 2 aromatic rings. The molecule has 0 fully saturated rings. The zero-order valence-corrected chi connectivity index (χ0v) is 11.2. The van der Waals surface area contributed by atoms with E-state index >= 15 is 0 Å². The molecule has 0 amide bonds. The number of hydrogen-bond acceptors (Lipinski definition) is 3. The van der Waals surface area contributed by atoms with Crippen molar-refractivity contribution in [3.63, 3.8) is 0 Å². The number of nitrogens with one attached hydrogen (secondary N) is 1. The van der Waals surface area contributed by atoms with Gasteiger partial charge in [0.05, 0.1) is 13.2 Å². The normalized spacial score (nSPS) is 12.4. The summed E-state index contributed by atoms with van der Waals surface area (Å²) in [7, 11) is 3.70. The van der Waals surface area contributed by atoms with Crippen molar-refractivity contribution in [3.05, 3.63) is 51.7 Å². The van der Waals surface area contributed by atoms with E-state index in [0.29, 0.717) is 0 Å². The van der Waals surface area contributed by atoms with Gasteiger partial charge in [-0.2, -0.15) is 0 Å². The first kappa shape index (κ1) is 12.1. The van der Waals surface area contributed by atoms with Gasteiger partial charge in [-0.1, -0.05) is 18.2 Å². The Morgan fingerprint density at radius 2 is 2.12 bits per heavy atom. The molecule has 0 bridgehead atoms. The summed E-state index contributed by atoms with van der Waals surface area (Å²) in [5, 5.41) is 5.45. The van der Waals surface area contributed by atoms with Gasteiger partial charge in [0.15, 0.2) is 0 Å². The molecule has 0 saturated carbocycles. The summed E-state index contributed by atoms with van der Waals surface area (Å²) in [4.78, 5) is 1.32. The fraction of sp³-hybridized carbons (Fsp3) is 0.286. The van der Waals surface area contributed by atoms with Gasteiger partial charge < -0.3 is 10.1 Å². The Morgan fingerprint density at radius 3 is 2.71 bits per heavy atom. The lowest BCUT2D eigenvalue weighted by Gasteiger charge is -2.16. The Hall–Kier alpha value is -1.32. The zero-order chi connectivity index (χ0) is 12.3. The highest BCUT2D eigenvalue weighted by Gasteiger charge is 2.14. The Labute approximate surface area is 106 Å². The molecule has 1 atom stereocenters. The van der Waals surface area contributed by atoms with E-state index in [1.54, 1.807) is 18.4 Å². The summed E-state index contributed by atoms with van der Waals surface area (Å²) < 4.78 is 5.37. The van der Waals surface area contributed by atoms with Crippen LogP contribution in [-0.2, 0) is 0 Å². The molecule has 0 aliphatic carbocycles. The van der Waals surface area contributed by atoms with Crippen LogP contribution < -0.4 is 10.1 Å². The topological polar surface area (TPSA) is 21.3 Å². The van der Waals surface area contributed by atoms with Gasteiger partial charge in [-0.15, -0.1) is 11.3 Å². The molecule has 0 saturated heterocycles. The first-order valence-electron chi connectivity index (χ1n) is 5.61. The van der Waals surface area contributed by atoms with Gasteiger partial charge in [0, 0.05) is 4.88 Å². The molecule has 17 heavy (non-hydrogen) atoms. The minimum absolute atomic E-state index is 0.240. The summed E-state index contributed by atoms with van der Waals surface area (Å²) in [5.41, 5.74) is 2.40. The van der Waals surface area contributed by atoms with Gasteiger partial charge in [0.2, 0.25) is 0 Å². The number of aryl methyl sites for hydroxylation is 1. The van der Waals surface area contributed by atoms with Crippen LogP contribution in [0, 0.1) is 6.92 Å². The maximum atomic E-state index is 5.37. The summed E-state index contributed by atoms with van der Waals surface area (Å²) in [6, 6.07) is 10.8. The van der Waals surface area contributed by atoms with Gasteiger partial charge >= 0.3 is 0 Å². The smallest absolute Gasteiger partial charge is 0.122 e. The van der Waals surface area contributed by atoms with Gasteiger partial charge in [-0.05, 0) is 42.6 Å². The number of ether oxygens (including phenoxy) is 1. The molecule has 0 aliphatic heterocycles. The maximum absolute atomic E-state index is 5.37. The molecule has 0 spiro atoms. The van der Waals surface area contributed by atoms with Crippen LogP contribution in [0.2, 0.25) is 0 Å². The van der Waals surface area contributed by atoms with Crippen LogP contribution in [0.15, 0.2) is 35.7 Å². The minimum Gasteiger partial charge on any atom is -0.496 e. The van der Waals surface area contributed by atoms with E-state index in [9.17, 15) is 0 Å². The highest BCUT2D eigenvalue weighted by Crippen LogP contribution is 2.29. The second-order valence-corrected chi connectivity index (χ2v) is 4.95. The molecule has 2 nitrogen and oxygen atoms in total. The van der Waals surface area contributed by atoms with Gasteiger partial charge in [-0.25, -0.2) is 0 Å². The molecular weight excluding hydrogens is 230 g/mol. The molecule has 2 rings (SSSR count). The van der Waals surface area contributed by atoms with E-state index in [-0.39, 0.29) is 6.04 Å². The summed E-state index contributed by atoms with van der Waals surface area (Å²) >= 11 is 1.76. The number of methoxy groups -OCH3 is 1. The van der Waals surface area contributed by atoms with E-state index in [1.165, 1.54) is 10.4 Å². The largest absolute Gasteiger partial charge is 0.496 e. The first-order chi connectivity index (χ1) is 8.26. The van der Waals surface area contributed by atoms with Crippen LogP contribution in [0.25, 0.3) is 0 Å². The van der Waals surface area contributed by atoms with Crippen molar-refractivity contribution in [3.8, 4) is 5.75 Å². The van der Waals surface area contributed by atoms with Crippen LogP contribution >= 0.6 is 11.3 Å². The average Bonchev–Trinajstić information content (AvgIpc) is 2.86. The number of benzene rings is 1. The van der Waals surface area contributed by atoms with Crippen molar-refractivity contribution >= 4 is 11.3 Å². The van der Waals surface area contributed by atoms with E-state index in [2.05, 4.69) is 48.0 Å². The van der Waals surface area contributed by atoms with Gasteiger partial charge in [0.1, 0.15) is 5.75 Å². The highest BCUT2D eigenvalue weighted by molar-refractivity contribution is 7.10. The molecule has 1 aromatic carbocycles. The predicted octanol–water partition coefficient (Wildman–Crippen LogP) is 3.37. The van der Waals surface area contributed by atoms with Crippen LogP contribution in [0.3, 0.4) is 0 Å². The zero-order valence-electron chi connectivity index (χ0n) is 10.4. The molecule has 3 heteroatoms. The standard InChI is InChI=1S/C14H17NOS/c1-10-6-7-11(9-12(10)16-3)14(15-2)13-5-4-8-17-13/h4-9,14-15H,1-3H3. The lowest BCUT2D eigenvalue weighted by atomic mass is 10.0. The van der Waals surface area contributed by atoms with Crippen LogP contribution in [-0.4, -0.2) is 14.2 Å². The Kier molecular flexibility index (Phi) is 3.82. The monoisotopic (exact) mass is 247 g/mol. The molecule has 0 radical (unpaired) electrons. The quantitative estimate of drug-likeness (QED) is 0.894. The maximum Gasteiger partial charge on any atom is 0.122 e. The Morgan fingerprint density at radius 1 is 1.29 bits per heavy atom. The fourth-order valence-corrected chi connectivity index (χ4v) is 2.81. The highest BCUT2D eigenvalue weighted by atomic mass is 32.1. The Bertz CT molecular complexity index is 479. The van der Waals surface area contributed by atoms with Crippen molar-refractivity contribution in [2.75, 3.05) is 14.2 Å². The molecule has 0 aliphatic rings. The molecular formula is C14H17NOS. The van der Waals surface area contributed by atoms with Crippen molar-refractivity contribution < 1.29 is 4.74 Å². The van der Waals surface area contributed by atoms with Crippen molar-refractivity contribution in [2.45, 2.75) is 13.0 Å². The molecule has 90 valence electrons. The fourth-order valence-electron chi connectivity index (χ4n) is 1.94. The average molecular weight is 247 g/mol. The third-order valence-corrected chi connectivity index (χ3v) is 3.82. The predicted molar refractivity (Wildman–Crippen MR) is 73.0 cm³/mol. The molecule has 1 unspecified atom stereocenters. The SMILES string of the molecule is CNC(c1ccc(C)c(OC)c1)c1cccs1. The minimum atomic E-state index is 0.240. The van der Waals surface area contributed by atoms with Crippen molar-refractivity contribution in [2.24, 2.45) is 0 Å². The summed E-state index contributed by atoms with van der Waals surface area (Å²) in [6.07, 6.45) is 0. The lowest BCUT2D eigenvalue weighted by molar-refractivity contribution is 0.410. The van der Waals surface area contributed by atoms with Crippen molar-refractivity contribution in [1.82, 2.24) is 5.32 Å². The molecule has 1 N–H and O–H groups in total. The van der Waals surface area contributed by atoms with E-state index in [0.717, 1.165) is 11.3 Å². The van der Waals surface area contributed by atoms with Crippen LogP contribution in [0.4, 0.5) is 0 Å². The number of rotatable bonds is 4. The van der Waals surface area contributed by atoms with Crippen molar-refractivity contribution in [1.29, 1.82) is 0 Å². The molecule has 1 aromatic heterocycles. The number of thiophene rings is 1. The first-order valence-corrected chi connectivity index (χ1v) is 6.49. The van der Waals surface area contributed by atoms with Gasteiger partial charge in [0.25, 0.3) is 0 Å². The second kappa shape index (κ2) is 5.34. The van der Waals surface area contributed by atoms with Crippen LogP contribution in [0.1, 0.15) is 22.0 Å². The van der Waals surface area contributed by atoms with E-state index in [1.807, 2.05) is 7.05 Å². The third-order valence-electron chi connectivity index (χ3n) is 2.88. The van der Waals surface area contributed by atoms with E-state index in [4.69, 9.17) is 4.74 Å². The molecule has 1 heterocycles. The summed E-state index contributed by atoms with van der Waals surface area (Å²) in [5.74, 6) is 0.944. The summed E-state index contributed by atoms with van der Waals surface area (Å²) in [6.45, 7) is 2.06. The second-order valence-electron chi connectivity index (χ2n) is 3.97. The number of hydrogen-bond donors (Lipinski definition) is 1. The third kappa shape index (κ3) is 2.51. The van der Waals surface area contributed by atoms with Gasteiger partial charge in [-0.3, -0.25) is 0 Å².